The Morgan fingerprint density at radius 3 is 2.14 bits per heavy atom. The first-order valence-electron chi connectivity index (χ1n) is 7.30. The van der Waals surface area contributed by atoms with Crippen molar-refractivity contribution in [1.82, 2.24) is 4.98 Å². The van der Waals surface area contributed by atoms with Gasteiger partial charge in [-0.3, -0.25) is 5.14 Å². The van der Waals surface area contributed by atoms with E-state index in [1.165, 1.54) is 35.2 Å². The monoisotopic (exact) mass is 326 g/mol. The summed E-state index contributed by atoms with van der Waals surface area (Å²) in [6.07, 6.45) is 4.76. The van der Waals surface area contributed by atoms with Gasteiger partial charge in [-0.15, -0.1) is 11.3 Å². The lowest BCUT2D eigenvalue weighted by Gasteiger charge is -1.92. The molecule has 2 N–H and O–H groups in total. The molecule has 4 rings (SSSR count). The molecule has 1 saturated carbocycles. The molecule has 0 radical (unpaired) electrons. The molecule has 0 spiro atoms. The summed E-state index contributed by atoms with van der Waals surface area (Å²) >= 11 is 3.11. The molecule has 0 saturated heterocycles. The van der Waals surface area contributed by atoms with E-state index in [9.17, 15) is 0 Å². The molecule has 0 atom stereocenters. The van der Waals surface area contributed by atoms with Crippen LogP contribution in [0.25, 0.3) is 10.6 Å². The summed E-state index contributed by atoms with van der Waals surface area (Å²) in [7, 11) is 0. The third kappa shape index (κ3) is 4.19. The van der Waals surface area contributed by atoms with Gasteiger partial charge in [0.05, 0.1) is 0 Å². The van der Waals surface area contributed by atoms with Gasteiger partial charge in [0.1, 0.15) is 5.01 Å². The standard InChI is InChI=1S/C12H11NS.C6H7NS/c1-2-4-10(5-3-1)12-13-8-11(14-12)9-6-7-9;7-8-6-4-2-1-3-5-6/h1-5,8-9H,6-7H2;1-5H,7H2. The molecule has 0 bridgehead atoms. The SMILES string of the molecule is NSc1ccccc1.c1ccc(-c2ncc(C3CC3)s2)cc1. The van der Waals surface area contributed by atoms with Gasteiger partial charge in [0.15, 0.2) is 0 Å². The highest BCUT2D eigenvalue weighted by atomic mass is 32.2. The maximum absolute atomic E-state index is 5.27. The first-order chi connectivity index (χ1) is 10.9. The normalized spacial score (nSPS) is 13.3. The minimum Gasteiger partial charge on any atom is -0.274 e. The predicted molar refractivity (Wildman–Crippen MR) is 96.0 cm³/mol. The van der Waals surface area contributed by atoms with Crippen LogP contribution in [0.2, 0.25) is 0 Å². The lowest BCUT2D eigenvalue weighted by atomic mass is 10.2. The molecule has 1 aromatic heterocycles. The van der Waals surface area contributed by atoms with Crippen LogP contribution in [0.1, 0.15) is 23.6 Å². The van der Waals surface area contributed by atoms with Crippen molar-refractivity contribution < 1.29 is 0 Å². The van der Waals surface area contributed by atoms with Crippen molar-refractivity contribution in [1.29, 1.82) is 0 Å². The number of aromatic nitrogens is 1. The van der Waals surface area contributed by atoms with Crippen molar-refractivity contribution in [2.75, 3.05) is 0 Å². The van der Waals surface area contributed by atoms with E-state index in [4.69, 9.17) is 5.14 Å². The van der Waals surface area contributed by atoms with Gasteiger partial charge in [0, 0.05) is 21.5 Å². The first kappa shape index (κ1) is 15.3. The average molecular weight is 326 g/mol. The van der Waals surface area contributed by atoms with Gasteiger partial charge in [-0.25, -0.2) is 4.98 Å². The maximum atomic E-state index is 5.27. The Labute approximate surface area is 139 Å². The van der Waals surface area contributed by atoms with Gasteiger partial charge < -0.3 is 0 Å². The van der Waals surface area contributed by atoms with Crippen LogP contribution in [-0.4, -0.2) is 4.98 Å². The zero-order valence-electron chi connectivity index (χ0n) is 12.2. The molecule has 1 aliphatic carbocycles. The second-order valence-electron chi connectivity index (χ2n) is 5.14. The summed E-state index contributed by atoms with van der Waals surface area (Å²) in [5.74, 6) is 0.824. The number of hydrogen-bond acceptors (Lipinski definition) is 4. The molecule has 112 valence electrons. The molecular formula is C18H18N2S2. The van der Waals surface area contributed by atoms with E-state index in [1.807, 2.05) is 53.9 Å². The quantitative estimate of drug-likeness (QED) is 0.660. The predicted octanol–water partition coefficient (Wildman–Crippen LogP) is 5.34. The second kappa shape index (κ2) is 7.58. The molecule has 0 unspecified atom stereocenters. The number of nitrogens with zero attached hydrogens (tertiary/aromatic N) is 1. The molecule has 2 aromatic carbocycles. The molecule has 0 amide bonds. The Morgan fingerprint density at radius 2 is 1.59 bits per heavy atom. The van der Waals surface area contributed by atoms with Gasteiger partial charge in [0.25, 0.3) is 0 Å². The summed E-state index contributed by atoms with van der Waals surface area (Å²) < 4.78 is 0. The fraction of sp³-hybridized carbons (Fsp3) is 0.167. The van der Waals surface area contributed by atoms with E-state index < -0.39 is 0 Å². The summed E-state index contributed by atoms with van der Waals surface area (Å²) in [6.45, 7) is 0. The summed E-state index contributed by atoms with van der Waals surface area (Å²) in [5.41, 5.74) is 1.24. The van der Waals surface area contributed by atoms with E-state index in [2.05, 4.69) is 29.2 Å². The van der Waals surface area contributed by atoms with Crippen molar-refractivity contribution >= 4 is 23.3 Å². The van der Waals surface area contributed by atoms with Crippen molar-refractivity contribution in [3.63, 3.8) is 0 Å². The van der Waals surface area contributed by atoms with Gasteiger partial charge in [-0.1, -0.05) is 48.5 Å². The first-order valence-corrected chi connectivity index (χ1v) is 8.99. The Hall–Kier alpha value is -1.62. The number of benzene rings is 2. The number of nitrogens with two attached hydrogens (primary N) is 1. The molecule has 3 aromatic rings. The zero-order valence-corrected chi connectivity index (χ0v) is 13.8. The summed E-state index contributed by atoms with van der Waals surface area (Å²) in [6, 6.07) is 20.3. The topological polar surface area (TPSA) is 38.9 Å². The van der Waals surface area contributed by atoms with E-state index >= 15 is 0 Å². The third-order valence-electron chi connectivity index (χ3n) is 3.40. The fourth-order valence-electron chi connectivity index (χ4n) is 2.06. The van der Waals surface area contributed by atoms with E-state index in [-0.39, 0.29) is 0 Å². The Balaban J connectivity index is 0.000000154. The van der Waals surface area contributed by atoms with Crippen molar-refractivity contribution in [2.24, 2.45) is 5.14 Å². The second-order valence-corrected chi connectivity index (χ2v) is 6.91. The van der Waals surface area contributed by atoms with Crippen LogP contribution in [0.3, 0.4) is 0 Å². The van der Waals surface area contributed by atoms with Crippen LogP contribution in [0.5, 0.6) is 0 Å². The molecule has 4 heteroatoms. The number of hydrogen-bond donors (Lipinski definition) is 1. The zero-order chi connectivity index (χ0) is 15.2. The van der Waals surface area contributed by atoms with Crippen LogP contribution in [0, 0.1) is 0 Å². The van der Waals surface area contributed by atoms with Gasteiger partial charge in [-0.2, -0.15) is 0 Å². The highest BCUT2D eigenvalue weighted by molar-refractivity contribution is 7.97. The Kier molecular flexibility index (Phi) is 5.27. The van der Waals surface area contributed by atoms with Crippen LogP contribution in [0.4, 0.5) is 0 Å². The van der Waals surface area contributed by atoms with Crippen molar-refractivity contribution in [2.45, 2.75) is 23.7 Å². The Morgan fingerprint density at radius 1 is 0.955 bits per heavy atom. The molecule has 1 aliphatic rings. The van der Waals surface area contributed by atoms with Crippen LogP contribution in [-0.2, 0) is 0 Å². The molecule has 22 heavy (non-hydrogen) atoms. The average Bonchev–Trinajstić information content (AvgIpc) is 3.34. The van der Waals surface area contributed by atoms with E-state index in [1.54, 1.807) is 0 Å². The molecule has 2 nitrogen and oxygen atoms in total. The fourth-order valence-corrected chi connectivity index (χ4v) is 3.46. The lowest BCUT2D eigenvalue weighted by Crippen LogP contribution is -1.75. The molecule has 1 heterocycles. The van der Waals surface area contributed by atoms with Gasteiger partial charge in [0.2, 0.25) is 0 Å². The van der Waals surface area contributed by atoms with Gasteiger partial charge >= 0.3 is 0 Å². The lowest BCUT2D eigenvalue weighted by molar-refractivity contribution is 1.16. The number of rotatable bonds is 3. The highest BCUT2D eigenvalue weighted by Gasteiger charge is 2.25. The summed E-state index contributed by atoms with van der Waals surface area (Å²) in [4.78, 5) is 7.03. The highest BCUT2D eigenvalue weighted by Crippen LogP contribution is 2.43. The van der Waals surface area contributed by atoms with Crippen LogP contribution >= 0.6 is 23.3 Å². The molecule has 0 aliphatic heterocycles. The maximum Gasteiger partial charge on any atom is 0.123 e. The smallest absolute Gasteiger partial charge is 0.123 e. The minimum absolute atomic E-state index is 0.824. The largest absolute Gasteiger partial charge is 0.274 e. The molecular weight excluding hydrogens is 308 g/mol. The Bertz CT molecular complexity index is 691. The minimum atomic E-state index is 0.824. The van der Waals surface area contributed by atoms with E-state index in [0.29, 0.717) is 0 Å². The van der Waals surface area contributed by atoms with Gasteiger partial charge in [-0.05, 0) is 42.8 Å². The number of thiazole rings is 1. The van der Waals surface area contributed by atoms with E-state index in [0.717, 1.165) is 15.8 Å². The third-order valence-corrected chi connectivity index (χ3v) is 5.16. The van der Waals surface area contributed by atoms with Crippen molar-refractivity contribution in [3.05, 3.63) is 71.7 Å². The van der Waals surface area contributed by atoms with Crippen LogP contribution < -0.4 is 5.14 Å². The van der Waals surface area contributed by atoms with Crippen molar-refractivity contribution in [3.8, 4) is 10.6 Å². The van der Waals surface area contributed by atoms with Crippen LogP contribution in [0.15, 0.2) is 71.8 Å². The summed E-state index contributed by atoms with van der Waals surface area (Å²) in [5, 5.41) is 6.43. The molecule has 1 fully saturated rings.